The molecule has 0 unspecified atom stereocenters. The molecule has 110 valence electrons. The minimum atomic E-state index is -0.192. The molecule has 1 fully saturated rings. The van der Waals surface area contributed by atoms with Gasteiger partial charge in [-0.2, -0.15) is 0 Å². The Balaban J connectivity index is 2.26. The molecule has 4 nitrogen and oxygen atoms in total. The zero-order valence-electron chi connectivity index (χ0n) is 12.5. The maximum Gasteiger partial charge on any atom is 0.253 e. The van der Waals surface area contributed by atoms with Crippen molar-refractivity contribution in [3.05, 3.63) is 29.3 Å². The Hall–Kier alpha value is -1.55. The zero-order valence-corrected chi connectivity index (χ0v) is 12.5. The van der Waals surface area contributed by atoms with E-state index < -0.39 is 0 Å². The summed E-state index contributed by atoms with van der Waals surface area (Å²) in [5.74, 6) is 0.259. The van der Waals surface area contributed by atoms with E-state index in [9.17, 15) is 9.90 Å². The summed E-state index contributed by atoms with van der Waals surface area (Å²) >= 11 is 0. The van der Waals surface area contributed by atoms with E-state index in [1.165, 1.54) is 0 Å². The van der Waals surface area contributed by atoms with Gasteiger partial charge in [0.2, 0.25) is 0 Å². The van der Waals surface area contributed by atoms with Crippen LogP contribution in [-0.4, -0.2) is 42.2 Å². The van der Waals surface area contributed by atoms with Crippen molar-refractivity contribution in [1.82, 2.24) is 4.90 Å². The van der Waals surface area contributed by atoms with Crippen molar-refractivity contribution in [2.24, 2.45) is 0 Å². The SMILES string of the molecule is CC(C)(C)c1cc(C(=O)N2CCCOCC2)ccc1O. The van der Waals surface area contributed by atoms with Crippen LogP contribution in [0.3, 0.4) is 0 Å². The van der Waals surface area contributed by atoms with Gasteiger partial charge in [0.15, 0.2) is 0 Å². The number of benzene rings is 1. The fourth-order valence-electron chi connectivity index (χ4n) is 2.40. The van der Waals surface area contributed by atoms with Crippen molar-refractivity contribution >= 4 is 5.91 Å². The Morgan fingerprint density at radius 2 is 2.00 bits per heavy atom. The largest absolute Gasteiger partial charge is 0.508 e. The lowest BCUT2D eigenvalue weighted by atomic mass is 9.85. The Kier molecular flexibility index (Phi) is 4.33. The average Bonchev–Trinajstić information content (AvgIpc) is 2.66. The molecule has 1 amide bonds. The Morgan fingerprint density at radius 1 is 1.25 bits per heavy atom. The van der Waals surface area contributed by atoms with Crippen molar-refractivity contribution in [1.29, 1.82) is 0 Å². The second-order valence-electron chi connectivity index (χ2n) is 6.24. The molecule has 0 bridgehead atoms. The molecule has 0 atom stereocenters. The molecule has 0 aromatic heterocycles. The molecule has 1 aliphatic rings. The molecule has 0 saturated carbocycles. The van der Waals surface area contributed by atoms with E-state index in [1.807, 2.05) is 31.7 Å². The van der Waals surface area contributed by atoms with Crippen LogP contribution in [0.2, 0.25) is 0 Å². The highest BCUT2D eigenvalue weighted by Crippen LogP contribution is 2.31. The highest BCUT2D eigenvalue weighted by molar-refractivity contribution is 5.94. The molecule has 1 aromatic carbocycles. The predicted octanol–water partition coefficient (Wildman–Crippen LogP) is 2.55. The average molecular weight is 277 g/mol. The third-order valence-electron chi connectivity index (χ3n) is 3.56. The number of hydrogen-bond acceptors (Lipinski definition) is 3. The van der Waals surface area contributed by atoms with Gasteiger partial charge in [-0.1, -0.05) is 20.8 Å². The summed E-state index contributed by atoms with van der Waals surface area (Å²) in [5.41, 5.74) is 1.24. The van der Waals surface area contributed by atoms with Crippen LogP contribution >= 0.6 is 0 Å². The van der Waals surface area contributed by atoms with Gasteiger partial charge in [0.05, 0.1) is 6.61 Å². The van der Waals surface area contributed by atoms with Crippen LogP contribution in [0.25, 0.3) is 0 Å². The van der Waals surface area contributed by atoms with Crippen molar-refractivity contribution in [3.8, 4) is 5.75 Å². The van der Waals surface area contributed by atoms with E-state index in [1.54, 1.807) is 12.1 Å². The van der Waals surface area contributed by atoms with Gasteiger partial charge in [0, 0.05) is 30.8 Å². The molecule has 2 rings (SSSR count). The van der Waals surface area contributed by atoms with Crippen molar-refractivity contribution in [2.75, 3.05) is 26.3 Å². The summed E-state index contributed by atoms with van der Waals surface area (Å²) in [6.07, 6.45) is 0.871. The number of amides is 1. The zero-order chi connectivity index (χ0) is 14.8. The van der Waals surface area contributed by atoms with Crippen LogP contribution in [0.4, 0.5) is 0 Å². The molecule has 4 heteroatoms. The van der Waals surface area contributed by atoms with E-state index in [4.69, 9.17) is 4.74 Å². The van der Waals surface area contributed by atoms with Crippen LogP contribution in [0.5, 0.6) is 5.75 Å². The lowest BCUT2D eigenvalue weighted by Crippen LogP contribution is -2.33. The Bertz CT molecular complexity index is 483. The van der Waals surface area contributed by atoms with E-state index in [0.29, 0.717) is 25.3 Å². The molecular formula is C16H23NO3. The van der Waals surface area contributed by atoms with Gasteiger partial charge in [-0.25, -0.2) is 0 Å². The van der Waals surface area contributed by atoms with Crippen molar-refractivity contribution in [3.63, 3.8) is 0 Å². The highest BCUT2D eigenvalue weighted by atomic mass is 16.5. The molecular weight excluding hydrogens is 254 g/mol. The molecule has 1 aliphatic heterocycles. The first-order chi connectivity index (χ1) is 9.39. The molecule has 0 spiro atoms. The second kappa shape index (κ2) is 5.83. The van der Waals surface area contributed by atoms with Gasteiger partial charge < -0.3 is 14.7 Å². The molecule has 1 N–H and O–H groups in total. The third-order valence-corrected chi connectivity index (χ3v) is 3.56. The Morgan fingerprint density at radius 3 is 2.70 bits per heavy atom. The van der Waals surface area contributed by atoms with Crippen LogP contribution in [0.1, 0.15) is 43.1 Å². The minimum absolute atomic E-state index is 0.0148. The minimum Gasteiger partial charge on any atom is -0.508 e. The smallest absolute Gasteiger partial charge is 0.253 e. The number of phenols is 1. The first-order valence-electron chi connectivity index (χ1n) is 7.10. The maximum absolute atomic E-state index is 12.5. The van der Waals surface area contributed by atoms with E-state index >= 15 is 0 Å². The van der Waals surface area contributed by atoms with Crippen LogP contribution in [-0.2, 0) is 10.2 Å². The molecule has 1 aromatic rings. The first-order valence-corrected chi connectivity index (χ1v) is 7.10. The standard InChI is InChI=1S/C16H23NO3/c1-16(2,3)13-11-12(5-6-14(13)18)15(19)17-7-4-9-20-10-8-17/h5-6,11,18H,4,7-10H2,1-3H3. The summed E-state index contributed by atoms with van der Waals surface area (Å²) < 4.78 is 5.37. The van der Waals surface area contributed by atoms with Crippen molar-refractivity contribution < 1.29 is 14.6 Å². The molecule has 0 radical (unpaired) electrons. The van der Waals surface area contributed by atoms with E-state index in [2.05, 4.69) is 0 Å². The van der Waals surface area contributed by atoms with Gasteiger partial charge in [-0.15, -0.1) is 0 Å². The predicted molar refractivity (Wildman–Crippen MR) is 78.1 cm³/mol. The number of aromatic hydroxyl groups is 1. The number of carbonyl (C=O) groups is 1. The van der Waals surface area contributed by atoms with Crippen LogP contribution in [0.15, 0.2) is 18.2 Å². The third kappa shape index (κ3) is 3.31. The summed E-state index contributed by atoms with van der Waals surface area (Å²) in [5, 5.41) is 9.96. The molecule has 0 aliphatic carbocycles. The number of phenolic OH excluding ortho intramolecular Hbond substituents is 1. The monoisotopic (exact) mass is 277 g/mol. The first kappa shape index (κ1) is 14.9. The Labute approximate surface area is 120 Å². The van der Waals surface area contributed by atoms with E-state index in [0.717, 1.165) is 18.5 Å². The summed E-state index contributed by atoms with van der Waals surface area (Å²) in [6.45, 7) is 8.74. The highest BCUT2D eigenvalue weighted by Gasteiger charge is 2.22. The molecule has 1 heterocycles. The number of nitrogens with zero attached hydrogens (tertiary/aromatic N) is 1. The molecule has 20 heavy (non-hydrogen) atoms. The van der Waals surface area contributed by atoms with Gasteiger partial charge in [0.25, 0.3) is 5.91 Å². The lowest BCUT2D eigenvalue weighted by Gasteiger charge is -2.23. The van der Waals surface area contributed by atoms with Crippen LogP contribution < -0.4 is 0 Å². The van der Waals surface area contributed by atoms with Gasteiger partial charge >= 0.3 is 0 Å². The normalized spacial score (nSPS) is 16.9. The van der Waals surface area contributed by atoms with Gasteiger partial charge in [0.1, 0.15) is 5.75 Å². The maximum atomic E-state index is 12.5. The van der Waals surface area contributed by atoms with Crippen LogP contribution in [0, 0.1) is 0 Å². The summed E-state index contributed by atoms with van der Waals surface area (Å²) in [7, 11) is 0. The number of hydrogen-bond donors (Lipinski definition) is 1. The van der Waals surface area contributed by atoms with Crippen molar-refractivity contribution in [2.45, 2.75) is 32.6 Å². The summed E-state index contributed by atoms with van der Waals surface area (Å²) in [6, 6.07) is 5.12. The fourth-order valence-corrected chi connectivity index (χ4v) is 2.40. The van der Waals surface area contributed by atoms with Gasteiger partial charge in [-0.05, 0) is 30.0 Å². The number of rotatable bonds is 1. The topological polar surface area (TPSA) is 49.8 Å². The second-order valence-corrected chi connectivity index (χ2v) is 6.24. The molecule has 1 saturated heterocycles. The number of ether oxygens (including phenoxy) is 1. The van der Waals surface area contributed by atoms with Gasteiger partial charge in [-0.3, -0.25) is 4.79 Å². The summed E-state index contributed by atoms with van der Waals surface area (Å²) in [4.78, 5) is 14.4. The van der Waals surface area contributed by atoms with E-state index in [-0.39, 0.29) is 17.1 Å². The lowest BCUT2D eigenvalue weighted by molar-refractivity contribution is 0.0741. The quantitative estimate of drug-likeness (QED) is 0.858. The number of carbonyl (C=O) groups excluding carboxylic acids is 1. The fraction of sp³-hybridized carbons (Fsp3) is 0.562.